The molecule has 1 heterocycles. The van der Waals surface area contributed by atoms with Gasteiger partial charge in [-0.15, -0.1) is 0 Å². The molecule has 0 fully saturated rings. The maximum atomic E-state index is 10.6. The topological polar surface area (TPSA) is 24.1 Å². The first-order valence-electron chi connectivity index (χ1n) is 10.4. The fraction of sp³-hybridized carbons (Fsp3) is 0.179. The molecular formula is C28H28NO+. The maximum Gasteiger partial charge on any atom is 0.216 e. The maximum absolute atomic E-state index is 10.6. The highest BCUT2D eigenvalue weighted by Gasteiger charge is 2.34. The van der Waals surface area contributed by atoms with Gasteiger partial charge in [-0.2, -0.15) is 4.57 Å². The van der Waals surface area contributed by atoms with E-state index < -0.39 is 0 Å². The van der Waals surface area contributed by atoms with Crippen LogP contribution in [0.4, 0.5) is 0 Å². The fourth-order valence-electron chi connectivity index (χ4n) is 4.17. The fourth-order valence-corrected chi connectivity index (χ4v) is 4.17. The monoisotopic (exact) mass is 394 g/mol. The first kappa shape index (κ1) is 19.9. The van der Waals surface area contributed by atoms with Crippen molar-refractivity contribution in [3.8, 4) is 39.4 Å². The molecule has 4 rings (SSSR count). The second kappa shape index (κ2) is 7.79. The molecule has 3 aromatic carbocycles. The molecule has 150 valence electrons. The van der Waals surface area contributed by atoms with Gasteiger partial charge >= 0.3 is 0 Å². The molecule has 0 spiro atoms. The van der Waals surface area contributed by atoms with Gasteiger partial charge in [0, 0.05) is 54.7 Å². The van der Waals surface area contributed by atoms with E-state index in [9.17, 15) is 5.11 Å². The minimum absolute atomic E-state index is 0.141. The third-order valence-corrected chi connectivity index (χ3v) is 5.49. The molecule has 30 heavy (non-hydrogen) atoms. The lowest BCUT2D eigenvalue weighted by atomic mass is 9.91. The lowest BCUT2D eigenvalue weighted by Crippen LogP contribution is -2.54. The number of rotatable bonds is 3. The van der Waals surface area contributed by atoms with E-state index in [0.717, 1.165) is 27.9 Å². The lowest BCUT2D eigenvalue weighted by Gasteiger charge is -2.24. The lowest BCUT2D eigenvalue weighted by molar-refractivity contribution is -0.734. The van der Waals surface area contributed by atoms with E-state index in [4.69, 9.17) is 0 Å². The van der Waals surface area contributed by atoms with Crippen molar-refractivity contribution in [1.29, 1.82) is 0 Å². The van der Waals surface area contributed by atoms with E-state index >= 15 is 0 Å². The van der Waals surface area contributed by atoms with Crippen LogP contribution in [0.25, 0.3) is 33.6 Å². The average molecular weight is 395 g/mol. The number of phenolic OH excluding ortho intramolecular Hbond substituents is 1. The molecule has 0 unspecified atom stereocenters. The standard InChI is InChI=1S/C28H27NO/c1-20-24(23-17-11-12-18-26(23)30)19-25(21-13-7-5-8-14-21)29(28(2,3)4)27(20)22-15-9-6-10-16-22/h5-19H,1-4H3/p+1. The van der Waals surface area contributed by atoms with E-state index in [2.05, 4.69) is 86.9 Å². The van der Waals surface area contributed by atoms with Gasteiger partial charge in [0.2, 0.25) is 11.4 Å². The van der Waals surface area contributed by atoms with Crippen LogP contribution in [0.15, 0.2) is 91.0 Å². The zero-order valence-corrected chi connectivity index (χ0v) is 18.1. The number of pyridine rings is 1. The zero-order valence-electron chi connectivity index (χ0n) is 18.1. The van der Waals surface area contributed by atoms with Gasteiger partial charge in [-0.25, -0.2) is 0 Å². The molecule has 0 saturated carbocycles. The summed E-state index contributed by atoms with van der Waals surface area (Å²) in [6.07, 6.45) is 0. The van der Waals surface area contributed by atoms with E-state index in [1.807, 2.05) is 30.3 Å². The number of para-hydroxylation sites is 1. The van der Waals surface area contributed by atoms with Gasteiger partial charge in [-0.05, 0) is 37.3 Å². The van der Waals surface area contributed by atoms with Crippen LogP contribution in [0.1, 0.15) is 26.3 Å². The highest BCUT2D eigenvalue weighted by Crippen LogP contribution is 2.38. The van der Waals surface area contributed by atoms with Gasteiger partial charge in [0.05, 0.1) is 0 Å². The summed E-state index contributed by atoms with van der Waals surface area (Å²) < 4.78 is 2.43. The molecule has 0 amide bonds. The second-order valence-corrected chi connectivity index (χ2v) is 8.67. The van der Waals surface area contributed by atoms with Crippen molar-refractivity contribution in [3.63, 3.8) is 0 Å². The molecule has 0 atom stereocenters. The number of benzene rings is 3. The number of aromatic hydroxyl groups is 1. The van der Waals surface area contributed by atoms with Crippen molar-refractivity contribution >= 4 is 0 Å². The Kier molecular flexibility index (Phi) is 5.17. The number of hydrogen-bond donors (Lipinski definition) is 1. The molecule has 1 N–H and O–H groups in total. The Labute approximate surface area is 179 Å². The summed E-state index contributed by atoms with van der Waals surface area (Å²) in [6, 6.07) is 30.8. The average Bonchev–Trinajstić information content (AvgIpc) is 2.74. The molecule has 0 saturated heterocycles. The quantitative estimate of drug-likeness (QED) is 0.382. The van der Waals surface area contributed by atoms with Crippen LogP contribution in [0.3, 0.4) is 0 Å². The smallest absolute Gasteiger partial charge is 0.216 e. The molecule has 1 aromatic heterocycles. The number of phenols is 1. The summed E-state index contributed by atoms with van der Waals surface area (Å²) in [4.78, 5) is 0. The van der Waals surface area contributed by atoms with Crippen LogP contribution in [-0.4, -0.2) is 5.11 Å². The SMILES string of the molecule is Cc1c(-c2ccccc2O)cc(-c2ccccc2)[n+](C(C)(C)C)c1-c1ccccc1. The Hall–Kier alpha value is -3.39. The van der Waals surface area contributed by atoms with Crippen molar-refractivity contribution in [2.75, 3.05) is 0 Å². The van der Waals surface area contributed by atoms with Crippen LogP contribution in [0.2, 0.25) is 0 Å². The summed E-state index contributed by atoms with van der Waals surface area (Å²) in [6.45, 7) is 8.88. The first-order valence-corrected chi connectivity index (χ1v) is 10.4. The van der Waals surface area contributed by atoms with Crippen LogP contribution < -0.4 is 4.57 Å². The van der Waals surface area contributed by atoms with Gasteiger partial charge in [-0.3, -0.25) is 0 Å². The highest BCUT2D eigenvalue weighted by atomic mass is 16.3. The molecule has 0 aliphatic heterocycles. The highest BCUT2D eigenvalue weighted by molar-refractivity contribution is 5.80. The van der Waals surface area contributed by atoms with Crippen LogP contribution >= 0.6 is 0 Å². The summed E-state index contributed by atoms with van der Waals surface area (Å²) in [5, 5.41) is 10.6. The van der Waals surface area contributed by atoms with Crippen molar-refractivity contribution in [3.05, 3.63) is 96.6 Å². The molecule has 0 aliphatic carbocycles. The van der Waals surface area contributed by atoms with Crippen molar-refractivity contribution in [2.45, 2.75) is 33.2 Å². The summed E-state index contributed by atoms with van der Waals surface area (Å²) in [5.41, 5.74) is 7.53. The van der Waals surface area contributed by atoms with Gasteiger partial charge in [0.1, 0.15) is 5.75 Å². The molecule has 0 bridgehead atoms. The summed E-state index contributed by atoms with van der Waals surface area (Å²) >= 11 is 0. The van der Waals surface area contributed by atoms with E-state index in [1.54, 1.807) is 6.07 Å². The summed E-state index contributed by atoms with van der Waals surface area (Å²) in [5.74, 6) is 0.298. The molecule has 2 heteroatoms. The Bertz CT molecular complexity index is 1170. The van der Waals surface area contributed by atoms with Crippen molar-refractivity contribution < 1.29 is 9.67 Å². The van der Waals surface area contributed by atoms with Crippen LogP contribution in [-0.2, 0) is 5.54 Å². The predicted molar refractivity (Wildman–Crippen MR) is 124 cm³/mol. The van der Waals surface area contributed by atoms with Gasteiger partial charge in [0.15, 0.2) is 5.54 Å². The van der Waals surface area contributed by atoms with E-state index in [-0.39, 0.29) is 5.54 Å². The second-order valence-electron chi connectivity index (χ2n) is 8.67. The van der Waals surface area contributed by atoms with Crippen molar-refractivity contribution in [1.82, 2.24) is 0 Å². The summed E-state index contributed by atoms with van der Waals surface area (Å²) in [7, 11) is 0. The Morgan fingerprint density at radius 1 is 0.667 bits per heavy atom. The van der Waals surface area contributed by atoms with E-state index in [1.165, 1.54) is 11.3 Å². The van der Waals surface area contributed by atoms with Gasteiger partial charge in [0.25, 0.3) is 0 Å². The minimum atomic E-state index is -0.141. The predicted octanol–water partition coefficient (Wildman–Crippen LogP) is 6.74. The van der Waals surface area contributed by atoms with Crippen molar-refractivity contribution in [2.24, 2.45) is 0 Å². The Morgan fingerprint density at radius 2 is 1.20 bits per heavy atom. The third-order valence-electron chi connectivity index (χ3n) is 5.49. The number of aromatic nitrogens is 1. The number of hydrogen-bond acceptors (Lipinski definition) is 1. The molecule has 0 aliphatic rings. The Balaban J connectivity index is 2.17. The Morgan fingerprint density at radius 3 is 1.77 bits per heavy atom. The molecule has 2 nitrogen and oxygen atoms in total. The normalized spacial score (nSPS) is 11.5. The van der Waals surface area contributed by atoms with Gasteiger partial charge in [-0.1, -0.05) is 54.6 Å². The van der Waals surface area contributed by atoms with Crippen LogP contribution in [0.5, 0.6) is 5.75 Å². The van der Waals surface area contributed by atoms with Crippen LogP contribution in [0, 0.1) is 6.92 Å². The minimum Gasteiger partial charge on any atom is -0.507 e. The van der Waals surface area contributed by atoms with E-state index in [0.29, 0.717) is 5.75 Å². The zero-order chi connectivity index (χ0) is 21.3. The largest absolute Gasteiger partial charge is 0.507 e. The van der Waals surface area contributed by atoms with Gasteiger partial charge < -0.3 is 5.11 Å². The molecule has 0 radical (unpaired) electrons. The number of nitrogens with zero attached hydrogens (tertiary/aromatic N) is 1. The first-order chi connectivity index (χ1) is 14.4. The molecular weight excluding hydrogens is 366 g/mol. The molecule has 4 aromatic rings. The third kappa shape index (κ3) is 3.61.